The molecule has 0 saturated carbocycles. The summed E-state index contributed by atoms with van der Waals surface area (Å²) >= 11 is 1.02. The van der Waals surface area contributed by atoms with Crippen LogP contribution in [0.3, 0.4) is 0 Å². The molecule has 2 heterocycles. The molecule has 0 aliphatic carbocycles. The molecule has 9 heteroatoms. The number of Topliss-reactive ketones (excluding diaryl/α,β-unsaturated/α-hetero) is 1. The Morgan fingerprint density at radius 1 is 1.21 bits per heavy atom. The number of rotatable bonds is 5. The third kappa shape index (κ3) is 3.14. The summed E-state index contributed by atoms with van der Waals surface area (Å²) in [6, 6.07) is 9.62. The van der Waals surface area contributed by atoms with Gasteiger partial charge in [0.05, 0.1) is 21.5 Å². The summed E-state index contributed by atoms with van der Waals surface area (Å²) in [4.78, 5) is 16.9. The lowest BCUT2D eigenvalue weighted by Gasteiger charge is -2.10. The van der Waals surface area contributed by atoms with Crippen LogP contribution in [0.2, 0.25) is 0 Å². The van der Waals surface area contributed by atoms with Crippen molar-refractivity contribution in [1.82, 2.24) is 9.55 Å². The Hall–Kier alpha value is -3.30. The van der Waals surface area contributed by atoms with Crippen molar-refractivity contribution in [2.75, 3.05) is 13.7 Å². The number of hydrogen-bond donors (Lipinski definition) is 2. The second-order valence-electron chi connectivity index (χ2n) is 6.18. The average Bonchev–Trinajstić information content (AvgIpc) is 3.20. The molecule has 0 amide bonds. The standard InChI is InChI=1S/C20H14F2N2O4S/c1-28-9-14(25)16-17(11-4-2-3-5-12(11)22)24(19(27)18(16)26)20-23-13-7-6-10(21)8-15(13)29-20/h2-8,26-27H,9H2,1H3. The molecule has 4 rings (SSSR count). The number of carbonyl (C=O) groups excluding carboxylic acids is 1. The number of fused-ring (bicyclic) bond motifs is 1. The number of aromatic nitrogens is 2. The van der Waals surface area contributed by atoms with Crippen molar-refractivity contribution >= 4 is 27.3 Å². The molecule has 2 N–H and O–H groups in total. The van der Waals surface area contributed by atoms with Crippen LogP contribution in [0.4, 0.5) is 8.78 Å². The highest BCUT2D eigenvalue weighted by molar-refractivity contribution is 7.20. The normalized spacial score (nSPS) is 11.3. The van der Waals surface area contributed by atoms with Crippen LogP contribution in [0.5, 0.6) is 11.6 Å². The maximum absolute atomic E-state index is 14.6. The fourth-order valence-corrected chi connectivity index (χ4v) is 4.09. The smallest absolute Gasteiger partial charge is 0.242 e. The lowest BCUT2D eigenvalue weighted by Crippen LogP contribution is -2.09. The first-order valence-corrected chi connectivity index (χ1v) is 9.24. The second kappa shape index (κ2) is 7.26. The zero-order chi connectivity index (χ0) is 20.7. The molecule has 29 heavy (non-hydrogen) atoms. The van der Waals surface area contributed by atoms with Crippen LogP contribution in [-0.4, -0.2) is 39.3 Å². The van der Waals surface area contributed by atoms with E-state index in [9.17, 15) is 23.8 Å². The predicted octanol–water partition coefficient (Wildman–Crippen LogP) is 4.27. The van der Waals surface area contributed by atoms with E-state index in [1.165, 1.54) is 43.5 Å². The monoisotopic (exact) mass is 416 g/mol. The summed E-state index contributed by atoms with van der Waals surface area (Å²) in [5, 5.41) is 21.2. The molecule has 0 bridgehead atoms. The molecule has 6 nitrogen and oxygen atoms in total. The van der Waals surface area contributed by atoms with E-state index >= 15 is 0 Å². The molecule has 0 aliphatic heterocycles. The van der Waals surface area contributed by atoms with Gasteiger partial charge in [0, 0.05) is 12.7 Å². The molecular formula is C20H14F2N2O4S. The van der Waals surface area contributed by atoms with Crippen molar-refractivity contribution in [2.24, 2.45) is 0 Å². The molecule has 148 valence electrons. The molecule has 4 aromatic rings. The number of hydrogen-bond acceptors (Lipinski definition) is 6. The minimum Gasteiger partial charge on any atom is -0.503 e. The number of methoxy groups -OCH3 is 1. The highest BCUT2D eigenvalue weighted by Gasteiger charge is 2.31. The largest absolute Gasteiger partial charge is 0.503 e. The van der Waals surface area contributed by atoms with Crippen LogP contribution in [0, 0.1) is 11.6 Å². The maximum atomic E-state index is 14.6. The van der Waals surface area contributed by atoms with Crippen molar-refractivity contribution in [3.8, 4) is 28.0 Å². The van der Waals surface area contributed by atoms with Crippen LogP contribution in [0.25, 0.3) is 26.6 Å². The number of ketones is 1. The molecule has 2 aromatic carbocycles. The maximum Gasteiger partial charge on any atom is 0.242 e. The van der Waals surface area contributed by atoms with Crippen LogP contribution in [0.1, 0.15) is 10.4 Å². The van der Waals surface area contributed by atoms with E-state index in [0.29, 0.717) is 10.2 Å². The fourth-order valence-electron chi connectivity index (χ4n) is 3.09. The predicted molar refractivity (Wildman–Crippen MR) is 104 cm³/mol. The third-order valence-corrected chi connectivity index (χ3v) is 5.34. The van der Waals surface area contributed by atoms with E-state index in [1.807, 2.05) is 0 Å². The van der Waals surface area contributed by atoms with E-state index in [1.54, 1.807) is 6.07 Å². The second-order valence-corrected chi connectivity index (χ2v) is 7.18. The summed E-state index contributed by atoms with van der Waals surface area (Å²) in [6.07, 6.45) is 0. The Labute approximate surface area is 167 Å². The van der Waals surface area contributed by atoms with E-state index in [0.717, 1.165) is 15.9 Å². The number of carbonyl (C=O) groups is 1. The minimum atomic E-state index is -0.712. The van der Waals surface area contributed by atoms with Gasteiger partial charge in [0.1, 0.15) is 18.2 Å². The van der Waals surface area contributed by atoms with Gasteiger partial charge in [0.2, 0.25) is 5.88 Å². The number of ether oxygens (including phenoxy) is 1. The first-order valence-electron chi connectivity index (χ1n) is 8.42. The van der Waals surface area contributed by atoms with Gasteiger partial charge in [-0.1, -0.05) is 23.5 Å². The highest BCUT2D eigenvalue weighted by atomic mass is 32.1. The molecule has 0 atom stereocenters. The van der Waals surface area contributed by atoms with Crippen molar-refractivity contribution in [3.63, 3.8) is 0 Å². The van der Waals surface area contributed by atoms with Crippen LogP contribution < -0.4 is 0 Å². The lowest BCUT2D eigenvalue weighted by molar-refractivity contribution is 0.0846. The Morgan fingerprint density at radius 2 is 1.97 bits per heavy atom. The fraction of sp³-hybridized carbons (Fsp3) is 0.100. The molecule has 0 unspecified atom stereocenters. The zero-order valence-corrected chi connectivity index (χ0v) is 15.8. The van der Waals surface area contributed by atoms with Gasteiger partial charge >= 0.3 is 0 Å². The first kappa shape index (κ1) is 19.0. The van der Waals surface area contributed by atoms with E-state index in [4.69, 9.17) is 4.74 Å². The Balaban J connectivity index is 2.06. The Bertz CT molecular complexity index is 1250. The molecule has 0 fully saturated rings. The molecule has 2 aromatic heterocycles. The van der Waals surface area contributed by atoms with Crippen LogP contribution >= 0.6 is 11.3 Å². The van der Waals surface area contributed by atoms with Gasteiger partial charge in [-0.2, -0.15) is 0 Å². The van der Waals surface area contributed by atoms with Gasteiger partial charge in [-0.3, -0.25) is 9.36 Å². The van der Waals surface area contributed by atoms with Crippen molar-refractivity contribution < 1.29 is 28.5 Å². The van der Waals surface area contributed by atoms with Crippen LogP contribution in [-0.2, 0) is 4.74 Å². The van der Waals surface area contributed by atoms with E-state index in [-0.39, 0.29) is 28.6 Å². The topological polar surface area (TPSA) is 84.6 Å². The van der Waals surface area contributed by atoms with Crippen molar-refractivity contribution in [1.29, 1.82) is 0 Å². The Kier molecular flexibility index (Phi) is 4.77. The summed E-state index contributed by atoms with van der Waals surface area (Å²) in [6.45, 7) is -0.385. The van der Waals surface area contributed by atoms with Crippen molar-refractivity contribution in [2.45, 2.75) is 0 Å². The average molecular weight is 416 g/mol. The molecule has 0 aliphatic rings. The number of halogens is 2. The number of nitrogens with zero attached hydrogens (tertiary/aromatic N) is 2. The van der Waals surface area contributed by atoms with Gasteiger partial charge in [0.15, 0.2) is 16.7 Å². The third-order valence-electron chi connectivity index (χ3n) is 4.33. The molecule has 0 spiro atoms. The van der Waals surface area contributed by atoms with Gasteiger partial charge in [-0.05, 0) is 30.3 Å². The summed E-state index contributed by atoms with van der Waals surface area (Å²) < 4.78 is 34.6. The van der Waals surface area contributed by atoms with E-state index in [2.05, 4.69) is 4.98 Å². The van der Waals surface area contributed by atoms with Crippen LogP contribution in [0.15, 0.2) is 42.5 Å². The first-order chi connectivity index (χ1) is 13.9. The van der Waals surface area contributed by atoms with Crippen molar-refractivity contribution in [3.05, 3.63) is 59.7 Å². The number of thiazole rings is 1. The minimum absolute atomic E-state index is 0.0204. The molecule has 0 radical (unpaired) electrons. The van der Waals surface area contributed by atoms with Gasteiger partial charge in [-0.25, -0.2) is 13.8 Å². The van der Waals surface area contributed by atoms with Gasteiger partial charge in [0.25, 0.3) is 0 Å². The SMILES string of the molecule is COCC(=O)c1c(O)c(O)n(-c2nc3ccc(F)cc3s2)c1-c1ccccc1F. The highest BCUT2D eigenvalue weighted by Crippen LogP contribution is 2.45. The summed E-state index contributed by atoms with van der Waals surface area (Å²) in [5.74, 6) is -3.16. The summed E-state index contributed by atoms with van der Waals surface area (Å²) in [7, 11) is 1.30. The summed E-state index contributed by atoms with van der Waals surface area (Å²) in [5.41, 5.74) is 0.0656. The van der Waals surface area contributed by atoms with Gasteiger partial charge < -0.3 is 14.9 Å². The molecule has 0 saturated heterocycles. The Morgan fingerprint density at radius 3 is 2.69 bits per heavy atom. The zero-order valence-electron chi connectivity index (χ0n) is 15.0. The molecular weight excluding hydrogens is 402 g/mol. The lowest BCUT2D eigenvalue weighted by atomic mass is 10.0. The quantitative estimate of drug-likeness (QED) is 0.475. The number of benzene rings is 2. The van der Waals surface area contributed by atoms with E-state index < -0.39 is 29.0 Å². The number of aromatic hydroxyl groups is 2. The van der Waals surface area contributed by atoms with Gasteiger partial charge in [-0.15, -0.1) is 0 Å².